The standard InChI is InChI=1S/C16H19N3O2/c20-14-13(12-8-4-3-5-9-12)15(21)18-16(17-14)19-10-6-1-2-7-11-19/h3-5,8-9,13H,1-2,6-7,10-11H2,(H,17,18,20,21). The zero-order valence-corrected chi connectivity index (χ0v) is 11.9. The molecule has 0 radical (unpaired) electrons. The van der Waals surface area contributed by atoms with E-state index in [0.717, 1.165) is 25.9 Å². The molecular formula is C16H19N3O2. The number of guanidine groups is 1. The summed E-state index contributed by atoms with van der Waals surface area (Å²) in [6.45, 7) is 1.70. The van der Waals surface area contributed by atoms with E-state index in [1.165, 1.54) is 12.8 Å². The van der Waals surface area contributed by atoms with E-state index in [0.29, 0.717) is 11.5 Å². The molecule has 1 fully saturated rings. The van der Waals surface area contributed by atoms with Gasteiger partial charge in [-0.3, -0.25) is 14.9 Å². The van der Waals surface area contributed by atoms with Gasteiger partial charge in [0.2, 0.25) is 11.9 Å². The predicted molar refractivity (Wildman–Crippen MR) is 79.8 cm³/mol. The third-order valence-electron chi connectivity index (χ3n) is 4.00. The van der Waals surface area contributed by atoms with Crippen molar-refractivity contribution in [1.82, 2.24) is 10.2 Å². The van der Waals surface area contributed by atoms with Crippen molar-refractivity contribution in [2.24, 2.45) is 4.99 Å². The first-order valence-corrected chi connectivity index (χ1v) is 7.49. The van der Waals surface area contributed by atoms with Crippen LogP contribution in [0, 0.1) is 0 Å². The van der Waals surface area contributed by atoms with Gasteiger partial charge in [0.25, 0.3) is 5.91 Å². The highest BCUT2D eigenvalue weighted by Crippen LogP contribution is 2.21. The van der Waals surface area contributed by atoms with E-state index < -0.39 is 5.92 Å². The summed E-state index contributed by atoms with van der Waals surface area (Å²) in [6.07, 6.45) is 4.53. The van der Waals surface area contributed by atoms with Crippen LogP contribution in [-0.4, -0.2) is 35.8 Å². The SMILES string of the molecule is O=C1N=C(N2CCCCCC2)NC(=O)C1c1ccccc1. The molecule has 5 heteroatoms. The van der Waals surface area contributed by atoms with Gasteiger partial charge in [0.05, 0.1) is 0 Å². The quantitative estimate of drug-likeness (QED) is 0.798. The van der Waals surface area contributed by atoms with E-state index in [4.69, 9.17) is 0 Å². The first-order valence-electron chi connectivity index (χ1n) is 7.49. The van der Waals surface area contributed by atoms with Crippen molar-refractivity contribution in [2.45, 2.75) is 31.6 Å². The van der Waals surface area contributed by atoms with Crippen LogP contribution in [0.4, 0.5) is 0 Å². The van der Waals surface area contributed by atoms with Crippen molar-refractivity contribution in [2.75, 3.05) is 13.1 Å². The molecule has 1 N–H and O–H groups in total. The van der Waals surface area contributed by atoms with Crippen LogP contribution in [-0.2, 0) is 9.59 Å². The highest BCUT2D eigenvalue weighted by atomic mass is 16.2. The number of nitrogens with one attached hydrogen (secondary N) is 1. The molecule has 0 aromatic heterocycles. The lowest BCUT2D eigenvalue weighted by atomic mass is 9.96. The van der Waals surface area contributed by atoms with Gasteiger partial charge in [-0.2, -0.15) is 4.99 Å². The van der Waals surface area contributed by atoms with Gasteiger partial charge in [-0.1, -0.05) is 43.2 Å². The fourth-order valence-corrected chi connectivity index (χ4v) is 2.86. The van der Waals surface area contributed by atoms with E-state index in [1.54, 1.807) is 12.1 Å². The highest BCUT2D eigenvalue weighted by Gasteiger charge is 2.34. The van der Waals surface area contributed by atoms with Crippen molar-refractivity contribution in [1.29, 1.82) is 0 Å². The monoisotopic (exact) mass is 285 g/mol. The summed E-state index contributed by atoms with van der Waals surface area (Å²) in [5, 5.41) is 2.81. The fraction of sp³-hybridized carbons (Fsp3) is 0.438. The predicted octanol–water partition coefficient (Wildman–Crippen LogP) is 1.66. The molecule has 0 saturated carbocycles. The largest absolute Gasteiger partial charge is 0.342 e. The molecule has 5 nitrogen and oxygen atoms in total. The zero-order valence-electron chi connectivity index (χ0n) is 11.9. The van der Waals surface area contributed by atoms with Crippen LogP contribution >= 0.6 is 0 Å². The second kappa shape index (κ2) is 6.08. The Morgan fingerprint density at radius 3 is 2.29 bits per heavy atom. The van der Waals surface area contributed by atoms with Crippen LogP contribution in [0.2, 0.25) is 0 Å². The molecular weight excluding hydrogens is 266 g/mol. The molecule has 3 rings (SSSR count). The Morgan fingerprint density at radius 1 is 1.00 bits per heavy atom. The van der Waals surface area contributed by atoms with Gasteiger partial charge in [0.1, 0.15) is 5.92 Å². The number of likely N-dealkylation sites (tertiary alicyclic amines) is 1. The fourth-order valence-electron chi connectivity index (χ4n) is 2.86. The Kier molecular flexibility index (Phi) is 3.99. The minimum atomic E-state index is -0.818. The van der Waals surface area contributed by atoms with E-state index in [1.807, 2.05) is 23.1 Å². The number of rotatable bonds is 1. The van der Waals surface area contributed by atoms with E-state index in [2.05, 4.69) is 10.3 Å². The Bertz CT molecular complexity index is 560. The second-order valence-corrected chi connectivity index (χ2v) is 5.51. The van der Waals surface area contributed by atoms with Crippen molar-refractivity contribution < 1.29 is 9.59 Å². The summed E-state index contributed by atoms with van der Waals surface area (Å²) in [5.74, 6) is -1.04. The number of amides is 2. The molecule has 2 aliphatic heterocycles. The smallest absolute Gasteiger partial charge is 0.265 e. The van der Waals surface area contributed by atoms with Gasteiger partial charge in [0, 0.05) is 13.1 Å². The maximum absolute atomic E-state index is 12.3. The molecule has 0 aliphatic carbocycles. The Labute approximate surface area is 124 Å². The van der Waals surface area contributed by atoms with Crippen LogP contribution in [0.25, 0.3) is 0 Å². The van der Waals surface area contributed by atoms with Crippen molar-refractivity contribution in [3.05, 3.63) is 35.9 Å². The lowest BCUT2D eigenvalue weighted by Gasteiger charge is -2.28. The molecule has 1 saturated heterocycles. The van der Waals surface area contributed by atoms with Crippen LogP contribution in [0.15, 0.2) is 35.3 Å². The molecule has 2 heterocycles. The average Bonchev–Trinajstić information content (AvgIpc) is 2.76. The Balaban J connectivity index is 1.81. The average molecular weight is 285 g/mol. The molecule has 110 valence electrons. The number of hydrogen-bond donors (Lipinski definition) is 1. The number of hydrogen-bond acceptors (Lipinski definition) is 3. The summed E-state index contributed by atoms with van der Waals surface area (Å²) in [5.41, 5.74) is 0.693. The molecule has 1 atom stereocenters. The minimum absolute atomic E-state index is 0.277. The summed E-state index contributed by atoms with van der Waals surface area (Å²) in [4.78, 5) is 30.7. The topological polar surface area (TPSA) is 61.8 Å². The van der Waals surface area contributed by atoms with Gasteiger partial charge in [-0.25, -0.2) is 0 Å². The van der Waals surface area contributed by atoms with Crippen molar-refractivity contribution >= 4 is 17.8 Å². The first-order chi connectivity index (χ1) is 10.3. The molecule has 2 aliphatic rings. The summed E-state index contributed by atoms with van der Waals surface area (Å²) in [6, 6.07) is 9.08. The normalized spacial score (nSPS) is 23.3. The van der Waals surface area contributed by atoms with Gasteiger partial charge >= 0.3 is 0 Å². The van der Waals surface area contributed by atoms with E-state index >= 15 is 0 Å². The van der Waals surface area contributed by atoms with Crippen molar-refractivity contribution in [3.8, 4) is 0 Å². The minimum Gasteiger partial charge on any atom is -0.342 e. The third kappa shape index (κ3) is 2.96. The molecule has 1 aromatic rings. The van der Waals surface area contributed by atoms with Crippen molar-refractivity contribution in [3.63, 3.8) is 0 Å². The molecule has 21 heavy (non-hydrogen) atoms. The van der Waals surface area contributed by atoms with Crippen LogP contribution in [0.1, 0.15) is 37.2 Å². The lowest BCUT2D eigenvalue weighted by Crippen LogP contribution is -2.51. The van der Waals surface area contributed by atoms with E-state index in [9.17, 15) is 9.59 Å². The zero-order chi connectivity index (χ0) is 14.7. The number of aliphatic imine (C=N–C) groups is 1. The Hall–Kier alpha value is -2.17. The maximum atomic E-state index is 12.3. The van der Waals surface area contributed by atoms with Gasteiger partial charge in [0.15, 0.2) is 0 Å². The molecule has 1 aromatic carbocycles. The van der Waals surface area contributed by atoms with Gasteiger partial charge < -0.3 is 4.90 Å². The highest BCUT2D eigenvalue weighted by molar-refractivity contribution is 6.18. The molecule has 1 unspecified atom stereocenters. The van der Waals surface area contributed by atoms with Gasteiger partial charge in [-0.15, -0.1) is 0 Å². The molecule has 0 bridgehead atoms. The van der Waals surface area contributed by atoms with Crippen LogP contribution in [0.3, 0.4) is 0 Å². The third-order valence-corrected chi connectivity index (χ3v) is 4.00. The number of carbonyl (C=O) groups is 2. The second-order valence-electron chi connectivity index (χ2n) is 5.51. The summed E-state index contributed by atoms with van der Waals surface area (Å²) in [7, 11) is 0. The summed E-state index contributed by atoms with van der Waals surface area (Å²) >= 11 is 0. The van der Waals surface area contributed by atoms with Crippen LogP contribution in [0.5, 0.6) is 0 Å². The summed E-state index contributed by atoms with van der Waals surface area (Å²) < 4.78 is 0. The van der Waals surface area contributed by atoms with Crippen LogP contribution < -0.4 is 5.32 Å². The van der Waals surface area contributed by atoms with Gasteiger partial charge in [-0.05, 0) is 18.4 Å². The maximum Gasteiger partial charge on any atom is 0.265 e. The Morgan fingerprint density at radius 2 is 1.67 bits per heavy atom. The number of benzene rings is 1. The molecule has 0 spiro atoms. The number of nitrogens with zero attached hydrogens (tertiary/aromatic N) is 2. The van der Waals surface area contributed by atoms with E-state index in [-0.39, 0.29) is 11.8 Å². The lowest BCUT2D eigenvalue weighted by molar-refractivity contribution is -0.130. The molecule has 2 amide bonds. The number of carbonyl (C=O) groups excluding carboxylic acids is 2. The first kappa shape index (κ1) is 13.8.